The number of aliphatic hydroxyl groups excluding tert-OH is 1. The molecule has 1 saturated heterocycles. The molecule has 1 aliphatic rings. The number of thiophene rings is 1. The second-order valence-corrected chi connectivity index (χ2v) is 8.33. The van der Waals surface area contributed by atoms with Crippen LogP contribution in [0, 0.1) is 0 Å². The summed E-state index contributed by atoms with van der Waals surface area (Å²) in [7, 11) is 3.31. The lowest BCUT2D eigenvalue weighted by Gasteiger charge is -2.27. The zero-order valence-corrected chi connectivity index (χ0v) is 17.6. The number of morpholine rings is 1. The summed E-state index contributed by atoms with van der Waals surface area (Å²) in [5, 5.41) is 12.8. The minimum Gasteiger partial charge on any atom is -0.493 e. The van der Waals surface area contributed by atoms with Crippen molar-refractivity contribution in [1.29, 1.82) is 0 Å². The Morgan fingerprint density at radius 2 is 1.93 bits per heavy atom. The van der Waals surface area contributed by atoms with Crippen molar-refractivity contribution in [3.8, 4) is 11.5 Å². The molecule has 6 nitrogen and oxygen atoms in total. The van der Waals surface area contributed by atoms with Crippen molar-refractivity contribution < 1.29 is 29.1 Å². The van der Waals surface area contributed by atoms with Crippen LogP contribution in [-0.2, 0) is 17.8 Å². The van der Waals surface area contributed by atoms with Crippen LogP contribution < -0.4 is 19.3 Å². The number of methoxy groups -OCH3 is 2. The summed E-state index contributed by atoms with van der Waals surface area (Å²) < 4.78 is 16.2. The van der Waals surface area contributed by atoms with Crippen LogP contribution in [0.1, 0.15) is 10.4 Å². The van der Waals surface area contributed by atoms with Crippen LogP contribution in [0.25, 0.3) is 0 Å². The molecule has 1 fully saturated rings. The molecular formula is C21H32N2O4S+2. The summed E-state index contributed by atoms with van der Waals surface area (Å²) in [6.45, 7) is 6.77. The minimum absolute atomic E-state index is 0.330. The van der Waals surface area contributed by atoms with Crippen molar-refractivity contribution in [3.05, 3.63) is 46.2 Å². The van der Waals surface area contributed by atoms with Gasteiger partial charge in [-0.25, -0.2) is 0 Å². The van der Waals surface area contributed by atoms with E-state index in [2.05, 4.69) is 23.6 Å². The van der Waals surface area contributed by atoms with E-state index >= 15 is 0 Å². The third-order valence-electron chi connectivity index (χ3n) is 5.15. The van der Waals surface area contributed by atoms with E-state index in [1.165, 1.54) is 20.2 Å². The Labute approximate surface area is 171 Å². The van der Waals surface area contributed by atoms with Gasteiger partial charge in [-0.15, -0.1) is 11.3 Å². The van der Waals surface area contributed by atoms with E-state index in [1.54, 1.807) is 25.6 Å². The molecule has 1 aliphatic heterocycles. The summed E-state index contributed by atoms with van der Waals surface area (Å²) in [6.07, 6.45) is -0.330. The van der Waals surface area contributed by atoms with Gasteiger partial charge in [0.25, 0.3) is 0 Å². The number of benzene rings is 1. The second kappa shape index (κ2) is 10.8. The number of nitrogens with one attached hydrogen (secondary N) is 2. The predicted octanol–water partition coefficient (Wildman–Crippen LogP) is -0.374. The van der Waals surface area contributed by atoms with Crippen molar-refractivity contribution >= 4 is 11.3 Å². The van der Waals surface area contributed by atoms with Crippen LogP contribution >= 0.6 is 11.3 Å². The molecule has 154 valence electrons. The number of rotatable bonds is 10. The van der Waals surface area contributed by atoms with Gasteiger partial charge in [-0.3, -0.25) is 0 Å². The fourth-order valence-corrected chi connectivity index (χ4v) is 4.53. The van der Waals surface area contributed by atoms with Crippen LogP contribution in [-0.4, -0.2) is 64.8 Å². The first kappa shape index (κ1) is 21.1. The van der Waals surface area contributed by atoms with Gasteiger partial charge in [-0.1, -0.05) is 6.07 Å². The predicted molar refractivity (Wildman–Crippen MR) is 109 cm³/mol. The van der Waals surface area contributed by atoms with Crippen LogP contribution in [0.4, 0.5) is 0 Å². The molecule has 0 radical (unpaired) electrons. The maximum atomic E-state index is 10.7. The number of aliphatic hydroxyl groups is 1. The van der Waals surface area contributed by atoms with Gasteiger partial charge < -0.3 is 29.1 Å². The number of hydrogen-bond donors (Lipinski definition) is 3. The van der Waals surface area contributed by atoms with Gasteiger partial charge in [0.15, 0.2) is 17.6 Å². The Morgan fingerprint density at radius 1 is 1.14 bits per heavy atom. The molecule has 1 unspecified atom stereocenters. The summed E-state index contributed by atoms with van der Waals surface area (Å²) in [6, 6.07) is 10.3. The molecule has 28 heavy (non-hydrogen) atoms. The van der Waals surface area contributed by atoms with Crippen molar-refractivity contribution in [2.45, 2.75) is 19.2 Å². The molecule has 0 aliphatic carbocycles. The maximum absolute atomic E-state index is 10.7. The molecular weight excluding hydrogens is 376 g/mol. The van der Waals surface area contributed by atoms with Gasteiger partial charge in [-0.2, -0.15) is 0 Å². The molecule has 0 spiro atoms. The zero-order valence-electron chi connectivity index (χ0n) is 16.8. The molecule has 0 saturated carbocycles. The van der Waals surface area contributed by atoms with Crippen molar-refractivity contribution in [2.75, 3.05) is 53.6 Å². The van der Waals surface area contributed by atoms with Crippen molar-refractivity contribution in [2.24, 2.45) is 0 Å². The number of hydrogen-bond acceptors (Lipinski definition) is 5. The van der Waals surface area contributed by atoms with Crippen LogP contribution in [0.3, 0.4) is 0 Å². The topological polar surface area (TPSA) is 56.8 Å². The van der Waals surface area contributed by atoms with Gasteiger partial charge in [0.1, 0.15) is 39.3 Å². The third kappa shape index (κ3) is 6.18. The van der Waals surface area contributed by atoms with Gasteiger partial charge in [-0.05, 0) is 29.6 Å². The highest BCUT2D eigenvalue weighted by atomic mass is 32.1. The van der Waals surface area contributed by atoms with Gasteiger partial charge >= 0.3 is 0 Å². The molecule has 2 heterocycles. The Morgan fingerprint density at radius 3 is 2.61 bits per heavy atom. The van der Waals surface area contributed by atoms with Gasteiger partial charge in [0, 0.05) is 5.56 Å². The highest BCUT2D eigenvalue weighted by molar-refractivity contribution is 7.09. The van der Waals surface area contributed by atoms with Crippen LogP contribution in [0.2, 0.25) is 0 Å². The zero-order chi connectivity index (χ0) is 19.8. The molecule has 0 bridgehead atoms. The second-order valence-electron chi connectivity index (χ2n) is 7.30. The highest BCUT2D eigenvalue weighted by Crippen LogP contribution is 2.27. The lowest BCUT2D eigenvalue weighted by atomic mass is 10.1. The van der Waals surface area contributed by atoms with Crippen LogP contribution in [0.15, 0.2) is 35.7 Å². The first-order valence-corrected chi connectivity index (χ1v) is 10.7. The summed E-state index contributed by atoms with van der Waals surface area (Å²) >= 11 is 1.77. The summed E-state index contributed by atoms with van der Waals surface area (Å²) in [4.78, 5) is 4.11. The van der Waals surface area contributed by atoms with E-state index in [0.29, 0.717) is 0 Å². The Hall–Kier alpha value is -1.64. The summed E-state index contributed by atoms with van der Waals surface area (Å²) in [5.41, 5.74) is 1.18. The lowest BCUT2D eigenvalue weighted by molar-refractivity contribution is -0.943. The van der Waals surface area contributed by atoms with Gasteiger partial charge in [0.05, 0.1) is 32.3 Å². The van der Waals surface area contributed by atoms with Crippen molar-refractivity contribution in [1.82, 2.24) is 0 Å². The van der Waals surface area contributed by atoms with Crippen molar-refractivity contribution in [3.63, 3.8) is 0 Å². The number of ether oxygens (including phenoxy) is 3. The fourth-order valence-electron chi connectivity index (χ4n) is 3.75. The van der Waals surface area contributed by atoms with E-state index in [1.807, 2.05) is 12.1 Å². The Kier molecular flexibility index (Phi) is 8.12. The molecule has 3 rings (SSSR count). The first-order valence-electron chi connectivity index (χ1n) is 9.84. The van der Waals surface area contributed by atoms with Gasteiger partial charge in [0.2, 0.25) is 0 Å². The quantitative estimate of drug-likeness (QED) is 0.502. The normalized spacial score (nSPS) is 17.2. The standard InChI is InChI=1S/C21H30N2O4S/c1-25-20-6-5-17(12-21(20)26-2)13-23(16-19-4-3-11-28-19)15-18(24)14-22-7-9-27-10-8-22/h3-6,11-12,18,24H,7-10,13-16H2,1-2H3/p+2/t18-/m0/s1. The fraction of sp³-hybridized carbons (Fsp3) is 0.524. The molecule has 2 aromatic rings. The molecule has 3 N–H and O–H groups in total. The monoisotopic (exact) mass is 408 g/mol. The largest absolute Gasteiger partial charge is 0.493 e. The Balaban J connectivity index is 1.66. The lowest BCUT2D eigenvalue weighted by Crippen LogP contribution is -3.17. The highest BCUT2D eigenvalue weighted by Gasteiger charge is 2.23. The molecule has 1 aromatic heterocycles. The first-order chi connectivity index (χ1) is 13.7. The molecule has 0 amide bonds. The van der Waals surface area contributed by atoms with E-state index in [4.69, 9.17) is 14.2 Å². The number of quaternary nitrogens is 2. The van der Waals surface area contributed by atoms with E-state index in [9.17, 15) is 5.11 Å². The SMILES string of the molecule is COc1ccc(C[NH+](Cc2cccs2)C[C@@H](O)C[NH+]2CCOCC2)cc1OC. The van der Waals surface area contributed by atoms with E-state index in [-0.39, 0.29) is 6.10 Å². The van der Waals surface area contributed by atoms with E-state index in [0.717, 1.165) is 64.0 Å². The smallest absolute Gasteiger partial charge is 0.161 e. The average molecular weight is 409 g/mol. The van der Waals surface area contributed by atoms with Crippen LogP contribution in [0.5, 0.6) is 11.5 Å². The van der Waals surface area contributed by atoms with E-state index < -0.39 is 0 Å². The molecule has 1 aromatic carbocycles. The average Bonchev–Trinajstić information content (AvgIpc) is 3.21. The summed E-state index contributed by atoms with van der Waals surface area (Å²) in [5.74, 6) is 1.48. The molecule has 7 heteroatoms. The molecule has 2 atom stereocenters. The maximum Gasteiger partial charge on any atom is 0.161 e. The third-order valence-corrected chi connectivity index (χ3v) is 6.03. The minimum atomic E-state index is -0.330. The Bertz CT molecular complexity index is 704.